The van der Waals surface area contributed by atoms with Crippen LogP contribution in [0.5, 0.6) is 0 Å². The van der Waals surface area contributed by atoms with Crippen LogP contribution in [-0.4, -0.2) is 19.0 Å². The fourth-order valence-corrected chi connectivity index (χ4v) is 2.76. The van der Waals surface area contributed by atoms with Crippen molar-refractivity contribution in [3.63, 3.8) is 0 Å². The molecule has 0 bridgehead atoms. The van der Waals surface area contributed by atoms with E-state index in [1.807, 2.05) is 6.07 Å². The van der Waals surface area contributed by atoms with E-state index in [0.29, 0.717) is 5.56 Å². The summed E-state index contributed by atoms with van der Waals surface area (Å²) < 4.78 is 14.3. The quantitative estimate of drug-likeness (QED) is 0.771. The molecule has 0 spiro atoms. The summed E-state index contributed by atoms with van der Waals surface area (Å²) in [4.78, 5) is 18.2. The van der Waals surface area contributed by atoms with E-state index in [2.05, 4.69) is 9.97 Å². The zero-order valence-corrected chi connectivity index (χ0v) is 11.8. The van der Waals surface area contributed by atoms with Crippen molar-refractivity contribution in [3.05, 3.63) is 64.0 Å². The number of hydrogen-bond acceptors (Lipinski definition) is 5. The van der Waals surface area contributed by atoms with E-state index in [4.69, 9.17) is 5.26 Å². The Morgan fingerprint density at radius 3 is 3.00 bits per heavy atom. The Kier molecular flexibility index (Phi) is 3.66. The van der Waals surface area contributed by atoms with Gasteiger partial charge in [0.25, 0.3) is 5.56 Å². The lowest BCUT2D eigenvalue weighted by molar-refractivity contribution is 0.214. The van der Waals surface area contributed by atoms with Gasteiger partial charge >= 0.3 is 0 Å². The van der Waals surface area contributed by atoms with Gasteiger partial charge in [-0.15, -0.1) is 3.89 Å². The lowest BCUT2D eigenvalue weighted by Crippen LogP contribution is -2.10. The molecule has 1 unspecified atom stereocenters. The van der Waals surface area contributed by atoms with E-state index in [-0.39, 0.29) is 34.5 Å². The van der Waals surface area contributed by atoms with E-state index in [1.165, 1.54) is 18.5 Å². The third kappa shape index (κ3) is 2.16. The number of aliphatic hydroxyl groups excluding tert-OH is 1. The van der Waals surface area contributed by atoms with Gasteiger partial charge in [0.1, 0.15) is 17.7 Å². The van der Waals surface area contributed by atoms with Crippen LogP contribution in [0.4, 0.5) is 3.89 Å². The number of aromatic nitrogens is 3. The largest absolute Gasteiger partial charge is 0.382 e. The van der Waals surface area contributed by atoms with Gasteiger partial charge in [0.05, 0.1) is 11.3 Å². The number of nitrogens with zero attached hydrogens (tertiary/aromatic N) is 3. The summed E-state index contributed by atoms with van der Waals surface area (Å²) in [5.41, 5.74) is 0.259. The summed E-state index contributed by atoms with van der Waals surface area (Å²) >= 11 is -0.205. The molecule has 0 aliphatic heterocycles. The smallest absolute Gasteiger partial charge is 0.273 e. The van der Waals surface area contributed by atoms with Crippen molar-refractivity contribution < 1.29 is 8.99 Å². The molecule has 0 aliphatic rings. The number of hydrogen-bond donors (Lipinski definition) is 2. The Balaban J connectivity index is 2.29. The van der Waals surface area contributed by atoms with E-state index >= 15 is 0 Å². The first kappa shape index (κ1) is 14.3. The van der Waals surface area contributed by atoms with E-state index in [9.17, 15) is 13.8 Å². The number of nitriles is 1. The summed E-state index contributed by atoms with van der Waals surface area (Å²) in [5.74, 6) is 0. The first-order chi connectivity index (χ1) is 10.7. The maximum absolute atomic E-state index is 13.4. The topological polar surface area (TPSA) is 94.7 Å². The van der Waals surface area contributed by atoms with Gasteiger partial charge in [0.15, 0.2) is 12.3 Å². The van der Waals surface area contributed by atoms with Crippen molar-refractivity contribution in [2.24, 2.45) is 0 Å². The van der Waals surface area contributed by atoms with Crippen LogP contribution in [0.2, 0.25) is 0 Å². The van der Waals surface area contributed by atoms with Crippen molar-refractivity contribution in [2.75, 3.05) is 0 Å². The molecule has 0 saturated heterocycles. The molecule has 8 heteroatoms. The first-order valence-corrected chi connectivity index (χ1v) is 6.89. The standard InChI is InChI=1S/C14H9FN4O2S/c15-22-19-11(13(20)8-2-1-3-17-6-8)4-10-9(5-16)7-18-14(21)12(10)19/h1-4,6-7,13,20H,(H,18,21). The van der Waals surface area contributed by atoms with Gasteiger partial charge in [0, 0.05) is 29.5 Å². The number of nitrogens with one attached hydrogen (secondary N) is 1. The van der Waals surface area contributed by atoms with Crippen LogP contribution in [0.1, 0.15) is 22.9 Å². The SMILES string of the molecule is N#Cc1c[nH]c(=O)c2c1cc(C(O)c1cccnc1)n2SF. The molecule has 0 saturated carbocycles. The van der Waals surface area contributed by atoms with Crippen molar-refractivity contribution >= 4 is 23.2 Å². The minimum atomic E-state index is -1.17. The Bertz CT molecular complexity index is 930. The molecule has 3 heterocycles. The Morgan fingerprint density at radius 2 is 2.36 bits per heavy atom. The van der Waals surface area contributed by atoms with Crippen LogP contribution in [-0.2, 0) is 0 Å². The fraction of sp³-hybridized carbons (Fsp3) is 0.0714. The summed E-state index contributed by atoms with van der Waals surface area (Å²) in [6.45, 7) is 0. The molecule has 3 aromatic rings. The molecule has 3 rings (SSSR count). The van der Waals surface area contributed by atoms with Crippen LogP contribution in [0, 0.1) is 11.3 Å². The third-order valence-electron chi connectivity index (χ3n) is 3.31. The van der Waals surface area contributed by atoms with Gasteiger partial charge in [-0.05, 0) is 12.1 Å². The zero-order valence-electron chi connectivity index (χ0n) is 11.0. The molecule has 110 valence electrons. The Morgan fingerprint density at radius 1 is 1.55 bits per heavy atom. The lowest BCUT2D eigenvalue weighted by atomic mass is 10.1. The Hall–Kier alpha value is -2.63. The highest BCUT2D eigenvalue weighted by molar-refractivity contribution is 7.93. The van der Waals surface area contributed by atoms with Crippen molar-refractivity contribution in [3.8, 4) is 6.07 Å². The minimum Gasteiger partial charge on any atom is -0.382 e. The average Bonchev–Trinajstić information content (AvgIpc) is 2.95. The monoisotopic (exact) mass is 316 g/mol. The van der Waals surface area contributed by atoms with Crippen LogP contribution in [0.3, 0.4) is 0 Å². The number of H-pyrrole nitrogens is 1. The lowest BCUT2D eigenvalue weighted by Gasteiger charge is -2.11. The second-order valence-electron chi connectivity index (χ2n) is 4.53. The number of pyridine rings is 2. The molecule has 0 amide bonds. The molecule has 1 atom stereocenters. The molecule has 6 nitrogen and oxygen atoms in total. The van der Waals surface area contributed by atoms with E-state index in [0.717, 1.165) is 3.97 Å². The molecule has 22 heavy (non-hydrogen) atoms. The van der Waals surface area contributed by atoms with Crippen LogP contribution in [0.15, 0.2) is 41.6 Å². The van der Waals surface area contributed by atoms with Crippen LogP contribution < -0.4 is 5.56 Å². The maximum Gasteiger partial charge on any atom is 0.273 e. The third-order valence-corrected chi connectivity index (χ3v) is 3.84. The van der Waals surface area contributed by atoms with Crippen LogP contribution >= 0.6 is 12.3 Å². The second-order valence-corrected chi connectivity index (χ2v) is 5.03. The van der Waals surface area contributed by atoms with Gasteiger partial charge in [-0.25, -0.2) is 0 Å². The summed E-state index contributed by atoms with van der Waals surface area (Å²) in [6.07, 6.45) is 3.09. The van der Waals surface area contributed by atoms with Gasteiger partial charge in [-0.1, -0.05) is 6.07 Å². The number of aromatic amines is 1. The Labute approximate surface area is 128 Å². The van der Waals surface area contributed by atoms with Crippen molar-refractivity contribution in [1.29, 1.82) is 5.26 Å². The van der Waals surface area contributed by atoms with Crippen LogP contribution in [0.25, 0.3) is 10.9 Å². The van der Waals surface area contributed by atoms with Gasteiger partial charge in [-0.3, -0.25) is 13.8 Å². The summed E-state index contributed by atoms with van der Waals surface area (Å²) in [6, 6.07) is 6.65. The fourth-order valence-electron chi connectivity index (χ4n) is 2.28. The van der Waals surface area contributed by atoms with Gasteiger partial charge in [0.2, 0.25) is 0 Å². The highest BCUT2D eigenvalue weighted by atomic mass is 32.2. The van der Waals surface area contributed by atoms with Crippen molar-refractivity contribution in [2.45, 2.75) is 6.10 Å². The predicted octanol–water partition coefficient (Wildman–Crippen LogP) is 2.06. The summed E-state index contributed by atoms with van der Waals surface area (Å²) in [7, 11) is 0. The summed E-state index contributed by atoms with van der Waals surface area (Å²) in [5, 5.41) is 19.8. The molecule has 0 aromatic carbocycles. The molecule has 0 radical (unpaired) electrons. The first-order valence-electron chi connectivity index (χ1n) is 6.21. The molecular formula is C14H9FN4O2S. The number of halogens is 1. The average molecular weight is 316 g/mol. The van der Waals surface area contributed by atoms with E-state index in [1.54, 1.807) is 18.3 Å². The molecular weight excluding hydrogens is 307 g/mol. The highest BCUT2D eigenvalue weighted by Crippen LogP contribution is 2.31. The van der Waals surface area contributed by atoms with Gasteiger partial charge < -0.3 is 10.1 Å². The molecule has 0 fully saturated rings. The van der Waals surface area contributed by atoms with Gasteiger partial charge in [-0.2, -0.15) is 5.26 Å². The number of rotatable bonds is 3. The maximum atomic E-state index is 13.4. The second kappa shape index (κ2) is 5.63. The molecule has 0 aliphatic carbocycles. The number of fused-ring (bicyclic) bond motifs is 1. The molecule has 3 aromatic heterocycles. The minimum absolute atomic E-state index is 0.00973. The molecule has 2 N–H and O–H groups in total. The predicted molar refractivity (Wildman–Crippen MR) is 79.7 cm³/mol. The normalized spacial score (nSPS) is 12.2. The highest BCUT2D eigenvalue weighted by Gasteiger charge is 2.22. The van der Waals surface area contributed by atoms with E-state index < -0.39 is 11.7 Å². The number of aliphatic hydroxyl groups is 1. The van der Waals surface area contributed by atoms with Crippen molar-refractivity contribution in [1.82, 2.24) is 13.9 Å². The zero-order chi connectivity index (χ0) is 15.7.